The molecule has 1 fully saturated rings. The first kappa shape index (κ1) is 22.2. The molecule has 4 rings (SSSR count). The Bertz CT molecular complexity index is 1170. The Hall–Kier alpha value is -3.00. The molecule has 6 nitrogen and oxygen atoms in total. The summed E-state index contributed by atoms with van der Waals surface area (Å²) >= 11 is 0. The van der Waals surface area contributed by atoms with Crippen LogP contribution >= 0.6 is 0 Å². The molecule has 7 heteroatoms. The number of rotatable bonds is 6. The number of benzene rings is 3. The van der Waals surface area contributed by atoms with Crippen LogP contribution in [0.15, 0.2) is 83.8 Å². The monoisotopic (exact) mass is 450 g/mol. The lowest BCUT2D eigenvalue weighted by Gasteiger charge is -2.26. The summed E-state index contributed by atoms with van der Waals surface area (Å²) in [6, 6.07) is 23.5. The predicted octanol–water partition coefficient (Wildman–Crippen LogP) is 3.54. The van der Waals surface area contributed by atoms with Crippen molar-refractivity contribution in [2.75, 3.05) is 26.3 Å². The molecule has 0 unspecified atom stereocenters. The van der Waals surface area contributed by atoms with Gasteiger partial charge in [0.1, 0.15) is 0 Å². The molecular weight excluding hydrogens is 424 g/mol. The first-order valence-electron chi connectivity index (χ1n) is 10.6. The summed E-state index contributed by atoms with van der Waals surface area (Å²) in [7, 11) is -3.60. The molecule has 1 heterocycles. The number of aryl methyl sites for hydroxylation is 1. The molecule has 0 radical (unpaired) electrons. The summed E-state index contributed by atoms with van der Waals surface area (Å²) in [6.07, 6.45) is 0. The lowest BCUT2D eigenvalue weighted by Crippen LogP contribution is -2.40. The molecule has 1 aliphatic rings. The number of morpholine rings is 1. The molecule has 0 spiro atoms. The van der Waals surface area contributed by atoms with Gasteiger partial charge in [-0.25, -0.2) is 8.42 Å². The van der Waals surface area contributed by atoms with E-state index in [4.69, 9.17) is 4.74 Å². The third-order valence-electron chi connectivity index (χ3n) is 5.63. The first-order chi connectivity index (χ1) is 15.5. The van der Waals surface area contributed by atoms with E-state index in [2.05, 4.69) is 5.32 Å². The van der Waals surface area contributed by atoms with Crippen molar-refractivity contribution in [1.29, 1.82) is 0 Å². The summed E-state index contributed by atoms with van der Waals surface area (Å²) in [6.45, 7) is 3.46. The van der Waals surface area contributed by atoms with Crippen molar-refractivity contribution >= 4 is 15.9 Å². The molecule has 0 bridgehead atoms. The minimum absolute atomic E-state index is 0.175. The van der Waals surface area contributed by atoms with Gasteiger partial charge >= 0.3 is 0 Å². The van der Waals surface area contributed by atoms with Crippen molar-refractivity contribution < 1.29 is 17.9 Å². The molecule has 0 saturated carbocycles. The molecule has 3 aromatic rings. The summed E-state index contributed by atoms with van der Waals surface area (Å²) < 4.78 is 32.3. The van der Waals surface area contributed by atoms with Crippen LogP contribution in [0.2, 0.25) is 0 Å². The zero-order chi connectivity index (χ0) is 22.6. The summed E-state index contributed by atoms with van der Waals surface area (Å²) in [5.41, 5.74) is 3.47. The number of carbonyl (C=O) groups is 1. The van der Waals surface area contributed by atoms with Gasteiger partial charge in [0.2, 0.25) is 10.0 Å². The van der Waals surface area contributed by atoms with Crippen LogP contribution in [0.5, 0.6) is 0 Å². The third kappa shape index (κ3) is 4.75. The third-order valence-corrected chi connectivity index (χ3v) is 7.55. The topological polar surface area (TPSA) is 75.7 Å². The van der Waals surface area contributed by atoms with Crippen molar-refractivity contribution in [1.82, 2.24) is 9.62 Å². The average molecular weight is 451 g/mol. The minimum Gasteiger partial charge on any atom is -0.379 e. The SMILES string of the molecule is Cc1ccccc1[C@H](NC(=O)c1ccc(S(=O)(=O)N2CCOCC2)cc1)c1ccccc1. The number of ether oxygens (including phenoxy) is 1. The second-order valence-corrected chi connectivity index (χ2v) is 9.65. The highest BCUT2D eigenvalue weighted by molar-refractivity contribution is 7.89. The van der Waals surface area contributed by atoms with E-state index >= 15 is 0 Å². The Morgan fingerprint density at radius 2 is 1.53 bits per heavy atom. The van der Waals surface area contributed by atoms with Gasteiger partial charge in [0.15, 0.2) is 0 Å². The first-order valence-corrected chi connectivity index (χ1v) is 12.0. The highest BCUT2D eigenvalue weighted by atomic mass is 32.2. The van der Waals surface area contributed by atoms with Crippen molar-refractivity contribution in [3.8, 4) is 0 Å². The standard InChI is InChI=1S/C25H26N2O4S/c1-19-7-5-6-10-23(19)24(20-8-3-2-4-9-20)26-25(28)21-11-13-22(14-12-21)32(29,30)27-15-17-31-18-16-27/h2-14,24H,15-18H2,1H3,(H,26,28)/t24-/m1/s1. The van der Waals surface area contributed by atoms with Crippen LogP contribution in [0, 0.1) is 6.92 Å². The number of nitrogens with zero attached hydrogens (tertiary/aromatic N) is 1. The van der Waals surface area contributed by atoms with Crippen LogP contribution in [0.4, 0.5) is 0 Å². The smallest absolute Gasteiger partial charge is 0.252 e. The van der Waals surface area contributed by atoms with E-state index < -0.39 is 10.0 Å². The van der Waals surface area contributed by atoms with Crippen molar-refractivity contribution in [2.45, 2.75) is 17.9 Å². The number of hydrogen-bond acceptors (Lipinski definition) is 4. The Balaban J connectivity index is 1.57. The molecule has 1 N–H and O–H groups in total. The second kappa shape index (κ2) is 9.65. The fraction of sp³-hybridized carbons (Fsp3) is 0.240. The Morgan fingerprint density at radius 3 is 2.19 bits per heavy atom. The quantitative estimate of drug-likeness (QED) is 0.623. The minimum atomic E-state index is -3.60. The van der Waals surface area contributed by atoms with E-state index in [1.807, 2.05) is 61.5 Å². The molecule has 1 aliphatic heterocycles. The maximum Gasteiger partial charge on any atom is 0.252 e. The lowest BCUT2D eigenvalue weighted by atomic mass is 9.94. The fourth-order valence-electron chi connectivity index (χ4n) is 3.83. The summed E-state index contributed by atoms with van der Waals surface area (Å²) in [4.78, 5) is 13.3. The van der Waals surface area contributed by atoms with Gasteiger partial charge in [-0.05, 0) is 47.9 Å². The number of amides is 1. The van der Waals surface area contributed by atoms with Gasteiger partial charge in [-0.15, -0.1) is 0 Å². The molecule has 1 atom stereocenters. The molecule has 1 saturated heterocycles. The fourth-order valence-corrected chi connectivity index (χ4v) is 5.23. The van der Waals surface area contributed by atoms with Crippen molar-refractivity contribution in [2.24, 2.45) is 0 Å². The van der Waals surface area contributed by atoms with E-state index in [9.17, 15) is 13.2 Å². The normalized spacial score (nSPS) is 15.8. The Morgan fingerprint density at radius 1 is 0.906 bits per heavy atom. The molecule has 32 heavy (non-hydrogen) atoms. The van der Waals surface area contributed by atoms with Crippen LogP contribution in [-0.4, -0.2) is 44.9 Å². The summed E-state index contributed by atoms with van der Waals surface area (Å²) in [5, 5.41) is 3.11. The van der Waals surface area contributed by atoms with Gasteiger partial charge in [0, 0.05) is 18.7 Å². The molecule has 0 aromatic heterocycles. The highest BCUT2D eigenvalue weighted by Gasteiger charge is 2.26. The van der Waals surface area contributed by atoms with Crippen LogP contribution in [0.25, 0.3) is 0 Å². The van der Waals surface area contributed by atoms with Gasteiger partial charge < -0.3 is 10.1 Å². The maximum absolute atomic E-state index is 13.1. The highest BCUT2D eigenvalue weighted by Crippen LogP contribution is 2.25. The number of nitrogens with one attached hydrogen (secondary N) is 1. The average Bonchev–Trinajstić information content (AvgIpc) is 2.84. The molecule has 3 aromatic carbocycles. The van der Waals surface area contributed by atoms with Gasteiger partial charge in [-0.2, -0.15) is 4.31 Å². The number of carbonyl (C=O) groups excluding carboxylic acids is 1. The van der Waals surface area contributed by atoms with Crippen molar-refractivity contribution in [3.05, 3.63) is 101 Å². The molecule has 0 aliphatic carbocycles. The number of sulfonamides is 1. The zero-order valence-electron chi connectivity index (χ0n) is 17.9. The van der Waals surface area contributed by atoms with Crippen molar-refractivity contribution in [3.63, 3.8) is 0 Å². The van der Waals surface area contributed by atoms with Gasteiger partial charge in [0.25, 0.3) is 5.91 Å². The van der Waals surface area contributed by atoms with Gasteiger partial charge in [-0.3, -0.25) is 4.79 Å². The largest absolute Gasteiger partial charge is 0.379 e. The van der Waals surface area contributed by atoms with Crippen LogP contribution in [0.1, 0.15) is 33.1 Å². The van der Waals surface area contributed by atoms with E-state index in [1.54, 1.807) is 12.1 Å². The van der Waals surface area contributed by atoms with Crippen LogP contribution < -0.4 is 5.32 Å². The van der Waals surface area contributed by atoms with E-state index in [0.717, 1.165) is 16.7 Å². The zero-order valence-corrected chi connectivity index (χ0v) is 18.7. The van der Waals surface area contributed by atoms with Gasteiger partial charge in [-0.1, -0.05) is 54.6 Å². The molecule has 1 amide bonds. The number of hydrogen-bond donors (Lipinski definition) is 1. The second-order valence-electron chi connectivity index (χ2n) is 7.71. The van der Waals surface area contributed by atoms with E-state index in [1.165, 1.54) is 16.4 Å². The van der Waals surface area contributed by atoms with Crippen LogP contribution in [-0.2, 0) is 14.8 Å². The van der Waals surface area contributed by atoms with Gasteiger partial charge in [0.05, 0.1) is 24.2 Å². The molecular formula is C25H26N2O4S. The predicted molar refractivity (Wildman–Crippen MR) is 123 cm³/mol. The van der Waals surface area contributed by atoms with E-state index in [0.29, 0.717) is 31.9 Å². The Kier molecular flexibility index (Phi) is 6.69. The maximum atomic E-state index is 13.1. The molecule has 166 valence electrons. The van der Waals surface area contributed by atoms with Crippen LogP contribution in [0.3, 0.4) is 0 Å². The lowest BCUT2D eigenvalue weighted by molar-refractivity contribution is 0.0730. The van der Waals surface area contributed by atoms with E-state index in [-0.39, 0.29) is 16.8 Å². The Labute approximate surface area is 188 Å². The summed E-state index contributed by atoms with van der Waals surface area (Å²) in [5.74, 6) is -0.266.